The molecule has 0 heterocycles. The second-order valence-electron chi connectivity index (χ2n) is 5.12. The van der Waals surface area contributed by atoms with E-state index in [1.807, 2.05) is 36.0 Å². The fourth-order valence-corrected chi connectivity index (χ4v) is 3.59. The molecule has 0 radical (unpaired) electrons. The van der Waals surface area contributed by atoms with Crippen molar-refractivity contribution in [3.8, 4) is 0 Å². The van der Waals surface area contributed by atoms with Gasteiger partial charge >= 0.3 is 0 Å². The Balaban J connectivity index is 1.78. The van der Waals surface area contributed by atoms with Gasteiger partial charge in [-0.2, -0.15) is 11.8 Å². The molecule has 3 nitrogen and oxygen atoms in total. The Labute approximate surface area is 119 Å². The summed E-state index contributed by atoms with van der Waals surface area (Å²) < 4.78 is 0. The molecule has 1 fully saturated rings. The van der Waals surface area contributed by atoms with Crippen molar-refractivity contribution in [1.29, 1.82) is 0 Å². The Morgan fingerprint density at radius 2 is 2.32 bits per heavy atom. The lowest BCUT2D eigenvalue weighted by molar-refractivity contribution is -0.121. The highest BCUT2D eigenvalue weighted by Crippen LogP contribution is 2.28. The van der Waals surface area contributed by atoms with E-state index in [0.29, 0.717) is 17.7 Å². The van der Waals surface area contributed by atoms with Crippen molar-refractivity contribution in [2.24, 2.45) is 0 Å². The number of nitrogens with two attached hydrogens (primary N) is 1. The zero-order valence-electron chi connectivity index (χ0n) is 11.4. The summed E-state index contributed by atoms with van der Waals surface area (Å²) in [5.41, 5.74) is 7.62. The number of carbonyl (C=O) groups excluding carboxylic acids is 1. The van der Waals surface area contributed by atoms with Crippen molar-refractivity contribution in [1.82, 2.24) is 5.32 Å². The minimum atomic E-state index is 0.161. The molecule has 1 saturated carbocycles. The maximum atomic E-state index is 12.0. The van der Waals surface area contributed by atoms with Gasteiger partial charge in [0.05, 0.1) is 0 Å². The molecule has 4 heteroatoms. The molecule has 1 aromatic carbocycles. The molecule has 104 valence electrons. The molecule has 2 rings (SSSR count). The number of amides is 1. The Hall–Kier alpha value is -1.16. The minimum Gasteiger partial charge on any atom is -0.399 e. The first-order chi connectivity index (χ1) is 9.19. The van der Waals surface area contributed by atoms with Crippen LogP contribution in [0.3, 0.4) is 0 Å². The average molecular weight is 278 g/mol. The van der Waals surface area contributed by atoms with E-state index < -0.39 is 0 Å². The lowest BCUT2D eigenvalue weighted by atomic mass is 10.1. The van der Waals surface area contributed by atoms with Gasteiger partial charge in [-0.3, -0.25) is 4.79 Å². The van der Waals surface area contributed by atoms with Gasteiger partial charge in [0, 0.05) is 23.4 Å². The summed E-state index contributed by atoms with van der Waals surface area (Å²) in [6, 6.07) is 8.12. The largest absolute Gasteiger partial charge is 0.399 e. The third-order valence-electron chi connectivity index (χ3n) is 3.69. The van der Waals surface area contributed by atoms with Crippen molar-refractivity contribution >= 4 is 23.4 Å². The number of rotatable bonds is 5. The molecule has 0 saturated heterocycles. The third kappa shape index (κ3) is 4.16. The molecular formula is C15H22N2OS. The fourth-order valence-electron chi connectivity index (χ4n) is 2.66. The number of nitrogens with one attached hydrogen (secondary N) is 1. The van der Waals surface area contributed by atoms with Crippen LogP contribution in [-0.4, -0.2) is 23.5 Å². The molecule has 1 aliphatic carbocycles. The first kappa shape index (κ1) is 14.3. The lowest BCUT2D eigenvalue weighted by Gasteiger charge is -2.19. The molecular weight excluding hydrogens is 256 g/mol. The van der Waals surface area contributed by atoms with Crippen LogP contribution < -0.4 is 11.1 Å². The van der Waals surface area contributed by atoms with Crippen LogP contribution in [0.2, 0.25) is 0 Å². The Bertz CT molecular complexity index is 436. The molecule has 0 aromatic heterocycles. The molecule has 2 atom stereocenters. The summed E-state index contributed by atoms with van der Waals surface area (Å²) in [4.78, 5) is 12.0. The maximum Gasteiger partial charge on any atom is 0.220 e. The second kappa shape index (κ2) is 6.85. The zero-order chi connectivity index (χ0) is 13.7. The number of aryl methyl sites for hydroxylation is 1. The minimum absolute atomic E-state index is 0.161. The molecule has 0 bridgehead atoms. The normalized spacial score (nSPS) is 22.4. The number of benzene rings is 1. The van der Waals surface area contributed by atoms with Crippen molar-refractivity contribution in [2.75, 3.05) is 12.0 Å². The number of nitrogen functional groups attached to an aromatic ring is 1. The van der Waals surface area contributed by atoms with Crippen molar-refractivity contribution in [2.45, 2.75) is 43.4 Å². The first-order valence-corrected chi connectivity index (χ1v) is 8.14. The monoisotopic (exact) mass is 278 g/mol. The number of hydrogen-bond donors (Lipinski definition) is 2. The highest BCUT2D eigenvalue weighted by atomic mass is 32.2. The van der Waals surface area contributed by atoms with E-state index in [9.17, 15) is 4.79 Å². The van der Waals surface area contributed by atoms with Gasteiger partial charge in [-0.1, -0.05) is 18.6 Å². The van der Waals surface area contributed by atoms with Crippen LogP contribution in [0.4, 0.5) is 5.69 Å². The van der Waals surface area contributed by atoms with Gasteiger partial charge in [0.2, 0.25) is 5.91 Å². The van der Waals surface area contributed by atoms with Crippen LogP contribution in [0.1, 0.15) is 31.2 Å². The van der Waals surface area contributed by atoms with Crippen LogP contribution in [0.25, 0.3) is 0 Å². The van der Waals surface area contributed by atoms with Gasteiger partial charge in [0.25, 0.3) is 0 Å². The summed E-state index contributed by atoms with van der Waals surface area (Å²) in [5.74, 6) is 0.161. The predicted molar refractivity (Wildman–Crippen MR) is 82.3 cm³/mol. The number of hydrogen-bond acceptors (Lipinski definition) is 3. The van der Waals surface area contributed by atoms with E-state index >= 15 is 0 Å². The topological polar surface area (TPSA) is 55.1 Å². The van der Waals surface area contributed by atoms with Gasteiger partial charge < -0.3 is 11.1 Å². The molecule has 1 aromatic rings. The standard InChI is InChI=1S/C15H22N2OS/c1-19-14-7-3-6-13(14)17-15(18)9-8-11-4-2-5-12(16)10-11/h2,4-5,10,13-14H,3,6-9,16H2,1H3,(H,17,18). The van der Waals surface area contributed by atoms with Gasteiger partial charge in [-0.05, 0) is 43.2 Å². The Kier molecular flexibility index (Phi) is 5.14. The van der Waals surface area contributed by atoms with Crippen LogP contribution in [0.5, 0.6) is 0 Å². The summed E-state index contributed by atoms with van der Waals surface area (Å²) >= 11 is 1.87. The Morgan fingerprint density at radius 1 is 1.47 bits per heavy atom. The third-order valence-corrected chi connectivity index (χ3v) is 4.86. The average Bonchev–Trinajstić information content (AvgIpc) is 2.84. The quantitative estimate of drug-likeness (QED) is 0.814. The highest BCUT2D eigenvalue weighted by molar-refractivity contribution is 7.99. The van der Waals surface area contributed by atoms with Crippen LogP contribution in [0.15, 0.2) is 24.3 Å². The predicted octanol–water partition coefficient (Wildman–Crippen LogP) is 2.60. The number of anilines is 1. The van der Waals surface area contributed by atoms with Crippen molar-refractivity contribution < 1.29 is 4.79 Å². The van der Waals surface area contributed by atoms with E-state index in [4.69, 9.17) is 5.73 Å². The fraction of sp³-hybridized carbons (Fsp3) is 0.533. The van der Waals surface area contributed by atoms with E-state index in [1.54, 1.807) is 0 Å². The summed E-state index contributed by atoms with van der Waals surface area (Å²) in [6.07, 6.45) is 7.00. The van der Waals surface area contributed by atoms with Gasteiger partial charge in [-0.15, -0.1) is 0 Å². The van der Waals surface area contributed by atoms with Crippen molar-refractivity contribution in [3.05, 3.63) is 29.8 Å². The van der Waals surface area contributed by atoms with E-state index in [0.717, 1.165) is 24.1 Å². The van der Waals surface area contributed by atoms with Crippen molar-refractivity contribution in [3.63, 3.8) is 0 Å². The van der Waals surface area contributed by atoms with Crippen LogP contribution >= 0.6 is 11.8 Å². The molecule has 0 aliphatic heterocycles. The molecule has 3 N–H and O–H groups in total. The smallest absolute Gasteiger partial charge is 0.220 e. The van der Waals surface area contributed by atoms with E-state index in [-0.39, 0.29) is 5.91 Å². The summed E-state index contributed by atoms with van der Waals surface area (Å²) in [5, 5.41) is 3.77. The molecule has 19 heavy (non-hydrogen) atoms. The highest BCUT2D eigenvalue weighted by Gasteiger charge is 2.27. The van der Waals surface area contributed by atoms with E-state index in [2.05, 4.69) is 11.6 Å². The molecule has 0 spiro atoms. The molecule has 2 unspecified atom stereocenters. The SMILES string of the molecule is CSC1CCCC1NC(=O)CCc1cccc(N)c1. The summed E-state index contributed by atoms with van der Waals surface area (Å²) in [7, 11) is 0. The second-order valence-corrected chi connectivity index (χ2v) is 6.20. The van der Waals surface area contributed by atoms with Crippen LogP contribution in [0, 0.1) is 0 Å². The zero-order valence-corrected chi connectivity index (χ0v) is 12.2. The van der Waals surface area contributed by atoms with E-state index in [1.165, 1.54) is 12.8 Å². The summed E-state index contributed by atoms with van der Waals surface area (Å²) in [6.45, 7) is 0. The maximum absolute atomic E-state index is 12.0. The number of thioether (sulfide) groups is 1. The molecule has 1 aliphatic rings. The first-order valence-electron chi connectivity index (χ1n) is 6.85. The van der Waals surface area contributed by atoms with Gasteiger partial charge in [-0.25, -0.2) is 0 Å². The lowest BCUT2D eigenvalue weighted by Crippen LogP contribution is -2.38. The van der Waals surface area contributed by atoms with Crippen LogP contribution in [-0.2, 0) is 11.2 Å². The number of carbonyl (C=O) groups is 1. The van der Waals surface area contributed by atoms with Gasteiger partial charge in [0.15, 0.2) is 0 Å². The molecule has 1 amide bonds. The van der Waals surface area contributed by atoms with Gasteiger partial charge in [0.1, 0.15) is 0 Å². The Morgan fingerprint density at radius 3 is 3.05 bits per heavy atom.